The lowest BCUT2D eigenvalue weighted by atomic mass is 9.84. The summed E-state index contributed by atoms with van der Waals surface area (Å²) in [6, 6.07) is 0. The Hall–Kier alpha value is -0.150. The van der Waals surface area contributed by atoms with Gasteiger partial charge < -0.3 is 10.4 Å². The standard InChI is InChI=1S/C5H10FNO/c6-1-5(4-8)2-7-3-5/h7-8H,1-4H2. The van der Waals surface area contributed by atoms with Crippen LogP contribution in [0.2, 0.25) is 0 Å². The third-order valence-electron chi connectivity index (χ3n) is 1.62. The molecule has 8 heavy (non-hydrogen) atoms. The maximum atomic E-state index is 11.9. The molecule has 0 saturated carbocycles. The van der Waals surface area contributed by atoms with E-state index in [9.17, 15) is 4.39 Å². The van der Waals surface area contributed by atoms with Crippen LogP contribution in [0.15, 0.2) is 0 Å². The lowest BCUT2D eigenvalue weighted by Gasteiger charge is -2.38. The molecule has 0 aromatic rings. The van der Waals surface area contributed by atoms with Gasteiger partial charge in [0.1, 0.15) is 0 Å². The molecule has 1 aliphatic heterocycles. The molecule has 2 N–H and O–H groups in total. The van der Waals surface area contributed by atoms with Gasteiger partial charge >= 0.3 is 0 Å². The first kappa shape index (κ1) is 5.98. The highest BCUT2D eigenvalue weighted by atomic mass is 19.1. The molecule has 0 aromatic carbocycles. The number of hydrogen-bond donors (Lipinski definition) is 2. The third-order valence-corrected chi connectivity index (χ3v) is 1.62. The Bertz CT molecular complexity index is 69.0. The lowest BCUT2D eigenvalue weighted by Crippen LogP contribution is -2.57. The van der Waals surface area contributed by atoms with Gasteiger partial charge in [-0.25, -0.2) is 0 Å². The van der Waals surface area contributed by atoms with E-state index < -0.39 is 12.1 Å². The molecule has 1 rings (SSSR count). The fourth-order valence-corrected chi connectivity index (χ4v) is 0.727. The summed E-state index contributed by atoms with van der Waals surface area (Å²) < 4.78 is 11.9. The summed E-state index contributed by atoms with van der Waals surface area (Å²) in [5.74, 6) is 0. The van der Waals surface area contributed by atoms with Crippen molar-refractivity contribution in [2.75, 3.05) is 26.4 Å². The van der Waals surface area contributed by atoms with Crippen LogP contribution < -0.4 is 5.32 Å². The van der Waals surface area contributed by atoms with E-state index >= 15 is 0 Å². The maximum absolute atomic E-state index is 11.9. The van der Waals surface area contributed by atoms with Crippen molar-refractivity contribution >= 4 is 0 Å². The molecule has 0 bridgehead atoms. The number of aliphatic hydroxyl groups excluding tert-OH is 1. The van der Waals surface area contributed by atoms with Crippen LogP contribution >= 0.6 is 0 Å². The second kappa shape index (κ2) is 1.99. The summed E-state index contributed by atoms with van der Waals surface area (Å²) in [7, 11) is 0. The number of rotatable bonds is 2. The molecule has 0 unspecified atom stereocenters. The van der Waals surface area contributed by atoms with Crippen molar-refractivity contribution in [3.05, 3.63) is 0 Å². The highest BCUT2D eigenvalue weighted by molar-refractivity contribution is 4.90. The predicted octanol–water partition coefficient (Wildman–Crippen LogP) is -0.462. The van der Waals surface area contributed by atoms with Gasteiger partial charge in [0.2, 0.25) is 0 Å². The fraction of sp³-hybridized carbons (Fsp3) is 1.00. The van der Waals surface area contributed by atoms with E-state index in [4.69, 9.17) is 5.11 Å². The SMILES string of the molecule is OCC1(CF)CNC1. The quantitative estimate of drug-likeness (QED) is 0.515. The third kappa shape index (κ3) is 0.717. The zero-order valence-corrected chi connectivity index (χ0v) is 4.65. The van der Waals surface area contributed by atoms with Crippen molar-refractivity contribution in [3.8, 4) is 0 Å². The highest BCUT2D eigenvalue weighted by Gasteiger charge is 2.36. The Kier molecular flexibility index (Phi) is 1.49. The molecule has 1 saturated heterocycles. The van der Waals surface area contributed by atoms with E-state index in [1.165, 1.54) is 0 Å². The Balaban J connectivity index is 2.33. The van der Waals surface area contributed by atoms with Crippen LogP contribution in [0.3, 0.4) is 0 Å². The van der Waals surface area contributed by atoms with Gasteiger partial charge in [-0.3, -0.25) is 4.39 Å². The van der Waals surface area contributed by atoms with Gasteiger partial charge in [0.25, 0.3) is 0 Å². The molecule has 0 radical (unpaired) electrons. The summed E-state index contributed by atoms with van der Waals surface area (Å²) >= 11 is 0. The van der Waals surface area contributed by atoms with Gasteiger partial charge in [-0.1, -0.05) is 0 Å². The number of alkyl halides is 1. The van der Waals surface area contributed by atoms with E-state index in [1.54, 1.807) is 0 Å². The lowest BCUT2D eigenvalue weighted by molar-refractivity contribution is 0.0432. The first-order valence-electron chi connectivity index (χ1n) is 2.70. The highest BCUT2D eigenvalue weighted by Crippen LogP contribution is 2.21. The minimum Gasteiger partial charge on any atom is -0.396 e. The molecular weight excluding hydrogens is 109 g/mol. The topological polar surface area (TPSA) is 32.3 Å². The average Bonchev–Trinajstić information content (AvgIpc) is 1.67. The molecule has 1 heterocycles. The molecular formula is C5H10FNO. The van der Waals surface area contributed by atoms with E-state index in [-0.39, 0.29) is 6.61 Å². The Labute approximate surface area is 47.7 Å². The minimum absolute atomic E-state index is 0.0312. The predicted molar refractivity (Wildman–Crippen MR) is 28.4 cm³/mol. The molecule has 2 nitrogen and oxygen atoms in total. The fourth-order valence-electron chi connectivity index (χ4n) is 0.727. The van der Waals surface area contributed by atoms with Crippen molar-refractivity contribution in [1.82, 2.24) is 5.32 Å². The summed E-state index contributed by atoms with van der Waals surface area (Å²) in [4.78, 5) is 0. The van der Waals surface area contributed by atoms with Crippen molar-refractivity contribution < 1.29 is 9.50 Å². The minimum atomic E-state index is -0.417. The average molecular weight is 119 g/mol. The van der Waals surface area contributed by atoms with Gasteiger partial charge in [-0.05, 0) is 0 Å². The molecule has 0 spiro atoms. The van der Waals surface area contributed by atoms with Crippen molar-refractivity contribution in [2.45, 2.75) is 0 Å². The van der Waals surface area contributed by atoms with Gasteiger partial charge in [-0.15, -0.1) is 0 Å². The normalized spacial score (nSPS) is 24.8. The van der Waals surface area contributed by atoms with Gasteiger partial charge in [0.15, 0.2) is 0 Å². The van der Waals surface area contributed by atoms with Crippen LogP contribution in [-0.2, 0) is 0 Å². The van der Waals surface area contributed by atoms with Crippen molar-refractivity contribution in [3.63, 3.8) is 0 Å². The van der Waals surface area contributed by atoms with E-state index in [1.807, 2.05) is 0 Å². The van der Waals surface area contributed by atoms with E-state index in [0.29, 0.717) is 13.1 Å². The Morgan fingerprint density at radius 2 is 2.25 bits per heavy atom. The molecule has 0 aliphatic carbocycles. The van der Waals surface area contributed by atoms with Crippen LogP contribution in [0.4, 0.5) is 4.39 Å². The van der Waals surface area contributed by atoms with Crippen LogP contribution in [0.1, 0.15) is 0 Å². The largest absolute Gasteiger partial charge is 0.396 e. The van der Waals surface area contributed by atoms with Gasteiger partial charge in [0.05, 0.1) is 13.3 Å². The molecule has 0 aromatic heterocycles. The molecule has 0 amide bonds. The summed E-state index contributed by atoms with van der Waals surface area (Å²) in [5.41, 5.74) is -0.417. The molecule has 3 heteroatoms. The van der Waals surface area contributed by atoms with E-state index in [2.05, 4.69) is 5.32 Å². The van der Waals surface area contributed by atoms with Crippen LogP contribution in [-0.4, -0.2) is 31.5 Å². The van der Waals surface area contributed by atoms with Gasteiger partial charge in [0, 0.05) is 18.5 Å². The zero-order chi connectivity index (χ0) is 6.04. The molecule has 1 fully saturated rings. The summed E-state index contributed by atoms with van der Waals surface area (Å²) in [6.45, 7) is 0.812. The Morgan fingerprint density at radius 1 is 1.62 bits per heavy atom. The molecule has 0 atom stereocenters. The Morgan fingerprint density at radius 3 is 2.25 bits per heavy atom. The molecule has 1 aliphatic rings. The number of aliphatic hydroxyl groups is 1. The summed E-state index contributed by atoms with van der Waals surface area (Å²) in [5, 5.41) is 11.5. The van der Waals surface area contributed by atoms with Crippen molar-refractivity contribution in [2.24, 2.45) is 5.41 Å². The number of nitrogens with one attached hydrogen (secondary N) is 1. The maximum Gasteiger partial charge on any atom is 0.0997 e. The van der Waals surface area contributed by atoms with Crippen molar-refractivity contribution in [1.29, 1.82) is 0 Å². The van der Waals surface area contributed by atoms with Crippen LogP contribution in [0.5, 0.6) is 0 Å². The first-order valence-corrected chi connectivity index (χ1v) is 2.70. The number of halogens is 1. The van der Waals surface area contributed by atoms with E-state index in [0.717, 1.165) is 0 Å². The smallest absolute Gasteiger partial charge is 0.0997 e. The van der Waals surface area contributed by atoms with Gasteiger partial charge in [-0.2, -0.15) is 0 Å². The first-order chi connectivity index (χ1) is 3.83. The number of hydrogen-bond acceptors (Lipinski definition) is 2. The zero-order valence-electron chi connectivity index (χ0n) is 4.65. The van der Waals surface area contributed by atoms with Crippen LogP contribution in [0, 0.1) is 5.41 Å². The monoisotopic (exact) mass is 119 g/mol. The summed E-state index contributed by atoms with van der Waals surface area (Å²) in [6.07, 6.45) is 0. The molecule has 48 valence electrons. The second-order valence-electron chi connectivity index (χ2n) is 2.40. The second-order valence-corrected chi connectivity index (χ2v) is 2.40. The van der Waals surface area contributed by atoms with Crippen LogP contribution in [0.25, 0.3) is 0 Å².